The van der Waals surface area contributed by atoms with Crippen LogP contribution in [0, 0.1) is 11.8 Å². The fourth-order valence-corrected chi connectivity index (χ4v) is 3.99. The Balaban J connectivity index is 1.81. The quantitative estimate of drug-likeness (QED) is 0.799. The van der Waals surface area contributed by atoms with E-state index in [-0.39, 0.29) is 11.1 Å². The second-order valence-corrected chi connectivity index (χ2v) is 8.62. The molecule has 1 N–H and O–H groups in total. The lowest BCUT2D eigenvalue weighted by Crippen LogP contribution is -2.48. The van der Waals surface area contributed by atoms with Gasteiger partial charge in [0, 0.05) is 5.54 Å². The summed E-state index contributed by atoms with van der Waals surface area (Å²) >= 11 is 0. The zero-order chi connectivity index (χ0) is 14.8. The molecular formula is C18H35NO. The van der Waals surface area contributed by atoms with E-state index in [1.54, 1.807) is 0 Å². The molecule has 0 radical (unpaired) electrons. The lowest BCUT2D eigenvalue weighted by atomic mass is 9.76. The summed E-state index contributed by atoms with van der Waals surface area (Å²) in [6.07, 6.45) is 9.55. The fraction of sp³-hybridized carbons (Fsp3) is 1.00. The molecule has 2 fully saturated rings. The summed E-state index contributed by atoms with van der Waals surface area (Å²) in [5.41, 5.74) is 0.429. The Hall–Kier alpha value is -0.0800. The van der Waals surface area contributed by atoms with Crippen LogP contribution in [0.1, 0.15) is 79.6 Å². The van der Waals surface area contributed by atoms with Crippen molar-refractivity contribution in [1.29, 1.82) is 0 Å². The molecule has 0 aromatic carbocycles. The topological polar surface area (TPSA) is 21.3 Å². The molecule has 2 atom stereocenters. The third-order valence-corrected chi connectivity index (χ3v) is 5.05. The summed E-state index contributed by atoms with van der Waals surface area (Å²) in [7, 11) is 0. The molecular weight excluding hydrogens is 246 g/mol. The first-order valence-electron chi connectivity index (χ1n) is 8.71. The number of hydrogen-bond donors (Lipinski definition) is 1. The van der Waals surface area contributed by atoms with Gasteiger partial charge in [0.25, 0.3) is 0 Å². The SMILES string of the molecule is CC1CC(C)CC(OC2(CCNC(C)(C)C)CCC2)C1. The van der Waals surface area contributed by atoms with E-state index in [0.717, 1.165) is 18.4 Å². The fourth-order valence-electron chi connectivity index (χ4n) is 3.99. The summed E-state index contributed by atoms with van der Waals surface area (Å²) in [5, 5.41) is 3.62. The van der Waals surface area contributed by atoms with Crippen LogP contribution in [-0.4, -0.2) is 23.8 Å². The van der Waals surface area contributed by atoms with Gasteiger partial charge in [0.05, 0.1) is 11.7 Å². The summed E-state index contributed by atoms with van der Waals surface area (Å²) in [4.78, 5) is 0. The normalized spacial score (nSPS) is 33.8. The average molecular weight is 281 g/mol. The van der Waals surface area contributed by atoms with E-state index >= 15 is 0 Å². The molecule has 0 bridgehead atoms. The van der Waals surface area contributed by atoms with Gasteiger partial charge in [-0.25, -0.2) is 0 Å². The third-order valence-electron chi connectivity index (χ3n) is 5.05. The summed E-state index contributed by atoms with van der Waals surface area (Å²) in [6.45, 7) is 12.6. The highest BCUT2D eigenvalue weighted by Crippen LogP contribution is 2.42. The van der Waals surface area contributed by atoms with Crippen molar-refractivity contribution in [3.05, 3.63) is 0 Å². The van der Waals surface area contributed by atoms with Crippen LogP contribution >= 0.6 is 0 Å². The van der Waals surface area contributed by atoms with Crippen LogP contribution in [-0.2, 0) is 4.74 Å². The molecule has 2 heteroatoms. The number of nitrogens with one attached hydrogen (secondary N) is 1. The summed E-state index contributed by atoms with van der Waals surface area (Å²) < 4.78 is 6.63. The maximum atomic E-state index is 6.63. The number of ether oxygens (including phenoxy) is 1. The predicted octanol–water partition coefficient (Wildman–Crippen LogP) is 4.53. The molecule has 0 aliphatic heterocycles. The smallest absolute Gasteiger partial charge is 0.0698 e. The first-order chi connectivity index (χ1) is 9.28. The third kappa shape index (κ3) is 4.73. The second-order valence-electron chi connectivity index (χ2n) is 8.62. The van der Waals surface area contributed by atoms with Crippen molar-refractivity contribution in [3.8, 4) is 0 Å². The first kappa shape index (κ1) is 16.3. The zero-order valence-corrected chi connectivity index (χ0v) is 14.3. The van der Waals surface area contributed by atoms with E-state index in [0.29, 0.717) is 6.10 Å². The van der Waals surface area contributed by atoms with E-state index in [1.807, 2.05) is 0 Å². The molecule has 2 aliphatic carbocycles. The van der Waals surface area contributed by atoms with Crippen molar-refractivity contribution < 1.29 is 4.74 Å². The Morgan fingerprint density at radius 1 is 1.05 bits per heavy atom. The van der Waals surface area contributed by atoms with Gasteiger partial charge < -0.3 is 10.1 Å². The zero-order valence-electron chi connectivity index (χ0n) is 14.3. The minimum Gasteiger partial charge on any atom is -0.372 e. The van der Waals surface area contributed by atoms with Crippen LogP contribution in [0.25, 0.3) is 0 Å². The Morgan fingerprint density at radius 2 is 1.65 bits per heavy atom. The van der Waals surface area contributed by atoms with Gasteiger partial charge >= 0.3 is 0 Å². The van der Waals surface area contributed by atoms with Crippen molar-refractivity contribution in [2.75, 3.05) is 6.54 Å². The molecule has 2 saturated carbocycles. The minimum atomic E-state index is 0.208. The van der Waals surface area contributed by atoms with Crippen LogP contribution in [0.5, 0.6) is 0 Å². The molecule has 0 amide bonds. The minimum absolute atomic E-state index is 0.208. The Morgan fingerprint density at radius 3 is 2.10 bits per heavy atom. The Bertz CT molecular complexity index is 293. The molecule has 2 unspecified atom stereocenters. The molecule has 118 valence electrons. The van der Waals surface area contributed by atoms with Gasteiger partial charge in [-0.2, -0.15) is 0 Å². The van der Waals surface area contributed by atoms with Gasteiger partial charge in [0.2, 0.25) is 0 Å². The van der Waals surface area contributed by atoms with E-state index in [9.17, 15) is 0 Å². The Labute approximate surface area is 126 Å². The molecule has 0 heterocycles. The molecule has 0 aromatic heterocycles. The van der Waals surface area contributed by atoms with Gasteiger partial charge in [-0.05, 0) is 84.1 Å². The van der Waals surface area contributed by atoms with Gasteiger partial charge in [0.1, 0.15) is 0 Å². The lowest BCUT2D eigenvalue weighted by molar-refractivity contribution is -0.159. The van der Waals surface area contributed by atoms with E-state index in [2.05, 4.69) is 39.9 Å². The van der Waals surface area contributed by atoms with E-state index in [4.69, 9.17) is 4.74 Å². The maximum Gasteiger partial charge on any atom is 0.0698 e. The second kappa shape index (κ2) is 6.36. The van der Waals surface area contributed by atoms with Crippen LogP contribution < -0.4 is 5.32 Å². The van der Waals surface area contributed by atoms with Gasteiger partial charge in [-0.1, -0.05) is 13.8 Å². The first-order valence-corrected chi connectivity index (χ1v) is 8.71. The molecule has 0 spiro atoms. The van der Waals surface area contributed by atoms with Crippen molar-refractivity contribution in [1.82, 2.24) is 5.32 Å². The molecule has 0 saturated heterocycles. The largest absolute Gasteiger partial charge is 0.372 e. The predicted molar refractivity (Wildman–Crippen MR) is 86.0 cm³/mol. The van der Waals surface area contributed by atoms with E-state index in [1.165, 1.54) is 44.9 Å². The van der Waals surface area contributed by atoms with E-state index < -0.39 is 0 Å². The van der Waals surface area contributed by atoms with Crippen LogP contribution in [0.15, 0.2) is 0 Å². The highest BCUT2D eigenvalue weighted by Gasteiger charge is 2.41. The van der Waals surface area contributed by atoms with Gasteiger partial charge in [-0.15, -0.1) is 0 Å². The van der Waals surface area contributed by atoms with Crippen LogP contribution in [0.3, 0.4) is 0 Å². The highest BCUT2D eigenvalue weighted by molar-refractivity contribution is 4.93. The van der Waals surface area contributed by atoms with Crippen LogP contribution in [0.2, 0.25) is 0 Å². The van der Waals surface area contributed by atoms with Gasteiger partial charge in [0.15, 0.2) is 0 Å². The molecule has 20 heavy (non-hydrogen) atoms. The average Bonchev–Trinajstić information content (AvgIpc) is 2.22. The molecule has 2 nitrogen and oxygen atoms in total. The standard InChI is InChI=1S/C18H35NO/c1-14-11-15(2)13-16(12-14)20-18(7-6-8-18)9-10-19-17(3,4)5/h14-16,19H,6-13H2,1-5H3. The van der Waals surface area contributed by atoms with Crippen molar-refractivity contribution >= 4 is 0 Å². The van der Waals surface area contributed by atoms with Crippen molar-refractivity contribution in [2.24, 2.45) is 11.8 Å². The highest BCUT2D eigenvalue weighted by atomic mass is 16.5. The van der Waals surface area contributed by atoms with Crippen molar-refractivity contribution in [3.63, 3.8) is 0 Å². The van der Waals surface area contributed by atoms with Gasteiger partial charge in [-0.3, -0.25) is 0 Å². The molecule has 0 aromatic rings. The monoisotopic (exact) mass is 281 g/mol. The molecule has 2 rings (SSSR count). The van der Waals surface area contributed by atoms with Crippen molar-refractivity contribution in [2.45, 2.75) is 96.8 Å². The summed E-state index contributed by atoms with van der Waals surface area (Å²) in [6, 6.07) is 0. The molecule has 2 aliphatic rings. The number of rotatable bonds is 5. The summed E-state index contributed by atoms with van der Waals surface area (Å²) in [5.74, 6) is 1.68. The lowest BCUT2D eigenvalue weighted by Gasteiger charge is -2.46. The number of hydrogen-bond acceptors (Lipinski definition) is 2. The Kier molecular flexibility index (Phi) is 5.18. The maximum absolute atomic E-state index is 6.63. The van der Waals surface area contributed by atoms with Crippen LogP contribution in [0.4, 0.5) is 0 Å².